The smallest absolute Gasteiger partial charge is 0.221 e. The SMILES string of the molecule is CNC(=O)CCN(C)c1cc(N)ncn1. The molecule has 0 atom stereocenters. The van der Waals surface area contributed by atoms with E-state index in [1.54, 1.807) is 13.1 Å². The molecule has 0 saturated heterocycles. The van der Waals surface area contributed by atoms with Crippen molar-refractivity contribution in [2.45, 2.75) is 6.42 Å². The highest BCUT2D eigenvalue weighted by atomic mass is 16.1. The zero-order chi connectivity index (χ0) is 11.3. The van der Waals surface area contributed by atoms with E-state index in [1.165, 1.54) is 6.33 Å². The van der Waals surface area contributed by atoms with Crippen molar-refractivity contribution in [3.63, 3.8) is 0 Å². The van der Waals surface area contributed by atoms with Crippen molar-refractivity contribution in [1.82, 2.24) is 15.3 Å². The van der Waals surface area contributed by atoms with Crippen LogP contribution in [0.4, 0.5) is 11.6 Å². The van der Waals surface area contributed by atoms with E-state index >= 15 is 0 Å². The lowest BCUT2D eigenvalue weighted by molar-refractivity contribution is -0.120. The van der Waals surface area contributed by atoms with E-state index in [-0.39, 0.29) is 5.91 Å². The van der Waals surface area contributed by atoms with E-state index in [0.29, 0.717) is 24.6 Å². The first kappa shape index (κ1) is 11.2. The summed E-state index contributed by atoms with van der Waals surface area (Å²) < 4.78 is 0. The van der Waals surface area contributed by atoms with Crippen molar-refractivity contribution in [1.29, 1.82) is 0 Å². The lowest BCUT2D eigenvalue weighted by Crippen LogP contribution is -2.26. The van der Waals surface area contributed by atoms with Crippen molar-refractivity contribution in [2.75, 3.05) is 31.3 Å². The van der Waals surface area contributed by atoms with Crippen LogP contribution < -0.4 is 16.0 Å². The quantitative estimate of drug-likeness (QED) is 0.707. The van der Waals surface area contributed by atoms with Gasteiger partial charge >= 0.3 is 0 Å². The molecule has 1 heterocycles. The van der Waals surface area contributed by atoms with E-state index in [9.17, 15) is 4.79 Å². The van der Waals surface area contributed by atoms with Crippen LogP contribution in [0.5, 0.6) is 0 Å². The summed E-state index contributed by atoms with van der Waals surface area (Å²) in [7, 11) is 3.47. The lowest BCUT2D eigenvalue weighted by Gasteiger charge is -2.17. The number of nitrogens with two attached hydrogens (primary N) is 1. The Bertz CT molecular complexity index is 341. The van der Waals surface area contributed by atoms with Crippen LogP contribution in [0.15, 0.2) is 12.4 Å². The minimum Gasteiger partial charge on any atom is -0.384 e. The second-order valence-electron chi connectivity index (χ2n) is 3.15. The predicted molar refractivity (Wildman–Crippen MR) is 58.4 cm³/mol. The Labute approximate surface area is 88.5 Å². The van der Waals surface area contributed by atoms with E-state index < -0.39 is 0 Å². The first-order chi connectivity index (χ1) is 7.13. The molecule has 0 aliphatic carbocycles. The molecular formula is C9H15N5O. The molecule has 0 bridgehead atoms. The van der Waals surface area contributed by atoms with Gasteiger partial charge in [-0.15, -0.1) is 0 Å². The van der Waals surface area contributed by atoms with Gasteiger partial charge in [0.1, 0.15) is 18.0 Å². The van der Waals surface area contributed by atoms with E-state index in [0.717, 1.165) is 0 Å². The van der Waals surface area contributed by atoms with Gasteiger partial charge in [-0.2, -0.15) is 0 Å². The summed E-state index contributed by atoms with van der Waals surface area (Å²) in [5.74, 6) is 1.14. The Morgan fingerprint density at radius 3 is 2.93 bits per heavy atom. The monoisotopic (exact) mass is 209 g/mol. The number of hydrogen-bond acceptors (Lipinski definition) is 5. The lowest BCUT2D eigenvalue weighted by atomic mass is 10.3. The number of carbonyl (C=O) groups excluding carboxylic acids is 1. The number of aromatic nitrogens is 2. The third-order valence-electron chi connectivity index (χ3n) is 2.02. The molecule has 6 heteroatoms. The summed E-state index contributed by atoms with van der Waals surface area (Å²) in [5.41, 5.74) is 5.52. The Morgan fingerprint density at radius 1 is 1.60 bits per heavy atom. The molecule has 0 saturated carbocycles. The molecule has 1 aromatic rings. The number of amides is 1. The zero-order valence-electron chi connectivity index (χ0n) is 8.90. The van der Waals surface area contributed by atoms with Crippen LogP contribution in [0, 0.1) is 0 Å². The van der Waals surface area contributed by atoms with Crippen LogP contribution in [0.3, 0.4) is 0 Å². The highest BCUT2D eigenvalue weighted by Gasteiger charge is 2.05. The number of nitrogens with one attached hydrogen (secondary N) is 1. The zero-order valence-corrected chi connectivity index (χ0v) is 8.90. The van der Waals surface area contributed by atoms with Crippen molar-refractivity contribution in [2.24, 2.45) is 0 Å². The highest BCUT2D eigenvalue weighted by Crippen LogP contribution is 2.09. The number of rotatable bonds is 4. The van der Waals surface area contributed by atoms with Gasteiger partial charge < -0.3 is 16.0 Å². The topological polar surface area (TPSA) is 84.1 Å². The fourth-order valence-corrected chi connectivity index (χ4v) is 1.08. The normalized spacial score (nSPS) is 9.73. The molecule has 0 aliphatic rings. The standard InChI is InChI=1S/C9H15N5O/c1-11-9(15)3-4-14(2)8-5-7(10)12-6-13-8/h5-6H,3-4H2,1-2H3,(H,11,15)(H2,10,12,13). The van der Waals surface area contributed by atoms with E-state index in [2.05, 4.69) is 15.3 Å². The van der Waals surface area contributed by atoms with Gasteiger partial charge in [-0.1, -0.05) is 0 Å². The van der Waals surface area contributed by atoms with Crippen molar-refractivity contribution >= 4 is 17.5 Å². The molecule has 0 aromatic carbocycles. The van der Waals surface area contributed by atoms with Crippen LogP contribution in [0.2, 0.25) is 0 Å². The van der Waals surface area contributed by atoms with Crippen molar-refractivity contribution in [3.8, 4) is 0 Å². The molecule has 1 aromatic heterocycles. The molecule has 0 spiro atoms. The minimum atomic E-state index is 0.00359. The average molecular weight is 209 g/mol. The second-order valence-corrected chi connectivity index (χ2v) is 3.15. The maximum atomic E-state index is 11.0. The summed E-state index contributed by atoms with van der Waals surface area (Å²) in [6.07, 6.45) is 1.83. The third kappa shape index (κ3) is 3.41. The Morgan fingerprint density at radius 2 is 2.33 bits per heavy atom. The number of nitrogen functional groups attached to an aromatic ring is 1. The fraction of sp³-hybridized carbons (Fsp3) is 0.444. The number of anilines is 2. The third-order valence-corrected chi connectivity index (χ3v) is 2.02. The van der Waals surface area contributed by atoms with Gasteiger partial charge in [-0.05, 0) is 0 Å². The second kappa shape index (κ2) is 5.14. The first-order valence-electron chi connectivity index (χ1n) is 4.62. The molecule has 15 heavy (non-hydrogen) atoms. The molecule has 6 nitrogen and oxygen atoms in total. The molecule has 3 N–H and O–H groups in total. The largest absolute Gasteiger partial charge is 0.384 e. The Kier molecular flexibility index (Phi) is 3.84. The van der Waals surface area contributed by atoms with Crippen molar-refractivity contribution in [3.05, 3.63) is 12.4 Å². The summed E-state index contributed by atoms with van der Waals surface area (Å²) in [4.78, 5) is 20.7. The van der Waals surface area contributed by atoms with Gasteiger partial charge in [0.15, 0.2) is 0 Å². The van der Waals surface area contributed by atoms with Gasteiger partial charge in [-0.3, -0.25) is 4.79 Å². The molecule has 0 unspecified atom stereocenters. The number of nitrogens with zero attached hydrogens (tertiary/aromatic N) is 3. The molecule has 1 rings (SSSR count). The number of hydrogen-bond donors (Lipinski definition) is 2. The molecule has 0 fully saturated rings. The van der Waals surface area contributed by atoms with Crippen molar-refractivity contribution < 1.29 is 4.79 Å². The molecule has 0 aliphatic heterocycles. The average Bonchev–Trinajstić information content (AvgIpc) is 2.25. The molecule has 1 amide bonds. The van der Waals surface area contributed by atoms with Gasteiger partial charge in [-0.25, -0.2) is 9.97 Å². The first-order valence-corrected chi connectivity index (χ1v) is 4.62. The van der Waals surface area contributed by atoms with Crippen LogP contribution in [-0.2, 0) is 4.79 Å². The van der Waals surface area contributed by atoms with E-state index in [1.807, 2.05) is 11.9 Å². The maximum absolute atomic E-state index is 11.0. The van der Waals surface area contributed by atoms with Gasteiger partial charge in [0, 0.05) is 33.1 Å². The van der Waals surface area contributed by atoms with Gasteiger partial charge in [0.05, 0.1) is 0 Å². The number of carbonyl (C=O) groups is 1. The van der Waals surface area contributed by atoms with Crippen LogP contribution in [0.25, 0.3) is 0 Å². The summed E-state index contributed by atoms with van der Waals surface area (Å²) in [5, 5.41) is 2.56. The molecule has 82 valence electrons. The fourth-order valence-electron chi connectivity index (χ4n) is 1.08. The Hall–Kier alpha value is -1.85. The summed E-state index contributed by atoms with van der Waals surface area (Å²) in [6.45, 7) is 0.593. The summed E-state index contributed by atoms with van der Waals surface area (Å²) in [6, 6.07) is 1.67. The predicted octanol–water partition coefficient (Wildman–Crippen LogP) is -0.369. The summed E-state index contributed by atoms with van der Waals surface area (Å²) >= 11 is 0. The maximum Gasteiger partial charge on any atom is 0.221 e. The molecule has 0 radical (unpaired) electrons. The van der Waals surface area contributed by atoms with Crippen LogP contribution in [-0.4, -0.2) is 36.5 Å². The van der Waals surface area contributed by atoms with E-state index in [4.69, 9.17) is 5.73 Å². The highest BCUT2D eigenvalue weighted by molar-refractivity contribution is 5.76. The molecular weight excluding hydrogens is 194 g/mol. The van der Waals surface area contributed by atoms with Crippen LogP contribution in [0.1, 0.15) is 6.42 Å². The van der Waals surface area contributed by atoms with Gasteiger partial charge in [0.2, 0.25) is 5.91 Å². The minimum absolute atomic E-state index is 0.00359. The van der Waals surface area contributed by atoms with Crippen LogP contribution >= 0.6 is 0 Å². The van der Waals surface area contributed by atoms with Gasteiger partial charge in [0.25, 0.3) is 0 Å². The Balaban J connectivity index is 2.53.